The number of carboxylic acids is 1. The molecule has 3 atom stereocenters. The number of thiazole rings is 1. The van der Waals surface area contributed by atoms with Crippen molar-refractivity contribution in [3.05, 3.63) is 42.0 Å². The Bertz CT molecular complexity index is 1430. The number of nitrogens with two attached hydrogens (primary N) is 1. The van der Waals surface area contributed by atoms with E-state index in [0.29, 0.717) is 15.9 Å². The first kappa shape index (κ1) is 26.7. The first-order chi connectivity index (χ1) is 17.7. The van der Waals surface area contributed by atoms with Crippen LogP contribution in [0.25, 0.3) is 10.2 Å². The quantitative estimate of drug-likeness (QED) is 0.241. The minimum Gasteiger partial charge on any atom is -0.478 e. The van der Waals surface area contributed by atoms with E-state index in [1.165, 1.54) is 43.1 Å². The standard InChI is InChI=1S/C22H21F3N6O6S/c1-9(32)18(34)28-16(17(26)33)21(29-13-7-10(19(35)36)3-6-14(13)31(21)2)30-20-27-12-5-4-11(8-15(12)38-20)37-22(23,24)25/h3-9,16,29,32H,1-2H3,(H2,26,33)(H,27,30)(H,28,34)(H,35,36)/t9-,16?,21?/m0/s1. The van der Waals surface area contributed by atoms with Gasteiger partial charge in [0.2, 0.25) is 17.6 Å². The summed E-state index contributed by atoms with van der Waals surface area (Å²) in [4.78, 5) is 42.4. The highest BCUT2D eigenvalue weighted by atomic mass is 32.1. The van der Waals surface area contributed by atoms with Gasteiger partial charge >= 0.3 is 12.3 Å². The van der Waals surface area contributed by atoms with Gasteiger partial charge in [0.15, 0.2) is 11.2 Å². The summed E-state index contributed by atoms with van der Waals surface area (Å²) >= 11 is 0.921. The van der Waals surface area contributed by atoms with Gasteiger partial charge in [0.1, 0.15) is 11.9 Å². The van der Waals surface area contributed by atoms with E-state index in [-0.39, 0.29) is 16.4 Å². The average Bonchev–Trinajstić information content (AvgIpc) is 3.33. The molecule has 12 nitrogen and oxygen atoms in total. The molecule has 0 radical (unpaired) electrons. The van der Waals surface area contributed by atoms with Gasteiger partial charge in [-0.3, -0.25) is 9.59 Å². The molecule has 1 aromatic heterocycles. The van der Waals surface area contributed by atoms with Gasteiger partial charge < -0.3 is 41.5 Å². The Hall–Kier alpha value is -4.31. The molecule has 2 heterocycles. The van der Waals surface area contributed by atoms with E-state index in [1.54, 1.807) is 0 Å². The van der Waals surface area contributed by atoms with E-state index in [2.05, 4.69) is 25.7 Å². The van der Waals surface area contributed by atoms with Crippen molar-refractivity contribution in [1.29, 1.82) is 0 Å². The molecule has 2 amide bonds. The highest BCUT2D eigenvalue weighted by molar-refractivity contribution is 7.22. The Morgan fingerprint density at radius 2 is 1.95 bits per heavy atom. The lowest BCUT2D eigenvalue weighted by Crippen LogP contribution is -2.72. The van der Waals surface area contributed by atoms with Gasteiger partial charge in [0.05, 0.1) is 27.2 Å². The molecule has 1 aliphatic rings. The number of aromatic nitrogens is 1. The number of amides is 2. The van der Waals surface area contributed by atoms with Crippen LogP contribution in [0, 0.1) is 0 Å². The number of carboxylic acid groups (broad SMARTS) is 1. The third-order valence-corrected chi connectivity index (χ3v) is 6.65. The zero-order valence-corrected chi connectivity index (χ0v) is 20.5. The minimum atomic E-state index is -4.89. The second-order valence-corrected chi connectivity index (χ2v) is 9.36. The maximum absolute atomic E-state index is 12.7. The molecule has 202 valence electrons. The number of halogens is 3. The van der Waals surface area contributed by atoms with Crippen LogP contribution in [-0.4, -0.2) is 64.3 Å². The number of likely N-dealkylation sites (N-methyl/N-ethyl adjacent to an activating group) is 1. The van der Waals surface area contributed by atoms with Crippen molar-refractivity contribution in [2.24, 2.45) is 5.73 Å². The maximum atomic E-state index is 12.7. The predicted octanol–water partition coefficient (Wildman–Crippen LogP) is 1.87. The van der Waals surface area contributed by atoms with Gasteiger partial charge in [-0.05, 0) is 37.3 Å². The number of rotatable bonds is 8. The summed E-state index contributed by atoms with van der Waals surface area (Å²) < 4.78 is 42.2. The van der Waals surface area contributed by atoms with Crippen LogP contribution in [0.2, 0.25) is 0 Å². The number of benzene rings is 2. The highest BCUT2D eigenvalue weighted by Crippen LogP contribution is 2.43. The van der Waals surface area contributed by atoms with Crippen molar-refractivity contribution in [3.63, 3.8) is 0 Å². The summed E-state index contributed by atoms with van der Waals surface area (Å²) in [5.41, 5.74) is 6.57. The third kappa shape index (κ3) is 5.08. The fourth-order valence-corrected chi connectivity index (χ4v) is 4.91. The zero-order chi connectivity index (χ0) is 28.0. The van der Waals surface area contributed by atoms with Gasteiger partial charge in [-0.2, -0.15) is 0 Å². The number of primary amides is 1. The normalized spacial score (nSPS) is 18.3. The zero-order valence-electron chi connectivity index (χ0n) is 19.7. The number of hydrogen-bond donors (Lipinski definition) is 6. The van der Waals surface area contributed by atoms with Crippen LogP contribution in [0.15, 0.2) is 36.4 Å². The summed E-state index contributed by atoms with van der Waals surface area (Å²) in [6.07, 6.45) is -6.40. The number of carbonyl (C=O) groups excluding carboxylic acids is 2. The summed E-state index contributed by atoms with van der Waals surface area (Å²) in [5.74, 6) is -5.40. The predicted molar refractivity (Wildman–Crippen MR) is 131 cm³/mol. The number of nitrogens with one attached hydrogen (secondary N) is 3. The molecule has 16 heteroatoms. The first-order valence-corrected chi connectivity index (χ1v) is 11.6. The number of nitrogens with zero attached hydrogens (tertiary/aromatic N) is 2. The largest absolute Gasteiger partial charge is 0.573 e. The number of aliphatic hydroxyl groups is 1. The molecule has 38 heavy (non-hydrogen) atoms. The Kier molecular flexibility index (Phi) is 6.71. The second-order valence-electron chi connectivity index (χ2n) is 8.33. The van der Waals surface area contributed by atoms with Crippen LogP contribution in [-0.2, 0) is 9.59 Å². The second kappa shape index (κ2) is 9.53. The van der Waals surface area contributed by atoms with Crippen LogP contribution in [0.3, 0.4) is 0 Å². The molecule has 0 bridgehead atoms. The fraction of sp³-hybridized carbons (Fsp3) is 0.273. The maximum Gasteiger partial charge on any atom is 0.573 e. The monoisotopic (exact) mass is 554 g/mol. The lowest BCUT2D eigenvalue weighted by Gasteiger charge is -2.42. The van der Waals surface area contributed by atoms with Crippen molar-refractivity contribution < 1.29 is 42.5 Å². The average molecular weight is 555 g/mol. The van der Waals surface area contributed by atoms with Gasteiger partial charge in [-0.25, -0.2) is 9.78 Å². The van der Waals surface area contributed by atoms with E-state index in [1.807, 2.05) is 0 Å². The van der Waals surface area contributed by atoms with Crippen LogP contribution in [0.1, 0.15) is 17.3 Å². The van der Waals surface area contributed by atoms with Crippen LogP contribution in [0.5, 0.6) is 5.75 Å². The molecule has 4 rings (SSSR count). The molecule has 3 aromatic rings. The molecule has 0 aliphatic carbocycles. The van der Waals surface area contributed by atoms with Gasteiger partial charge in [0, 0.05) is 13.1 Å². The highest BCUT2D eigenvalue weighted by Gasteiger charge is 2.52. The molecule has 1 aliphatic heterocycles. The molecular formula is C22H21F3N6O6S. The van der Waals surface area contributed by atoms with Crippen molar-refractivity contribution in [2.45, 2.75) is 31.2 Å². The summed E-state index contributed by atoms with van der Waals surface area (Å²) in [6.45, 7) is 1.18. The number of alkyl halides is 3. The molecule has 2 unspecified atom stereocenters. The van der Waals surface area contributed by atoms with Gasteiger partial charge in [0.25, 0.3) is 0 Å². The Morgan fingerprint density at radius 1 is 1.24 bits per heavy atom. The smallest absolute Gasteiger partial charge is 0.478 e. The Morgan fingerprint density at radius 3 is 2.55 bits per heavy atom. The Labute approximate surface area is 216 Å². The lowest BCUT2D eigenvalue weighted by atomic mass is 10.1. The molecular weight excluding hydrogens is 533 g/mol. The minimum absolute atomic E-state index is 0.0683. The number of carbonyl (C=O) groups is 3. The lowest BCUT2D eigenvalue weighted by molar-refractivity contribution is -0.274. The van der Waals surface area contributed by atoms with Gasteiger partial charge in [-0.15, -0.1) is 13.2 Å². The third-order valence-electron chi connectivity index (χ3n) is 5.72. The van der Waals surface area contributed by atoms with E-state index < -0.39 is 47.8 Å². The summed E-state index contributed by atoms with van der Waals surface area (Å²) in [6, 6.07) is 6.08. The van der Waals surface area contributed by atoms with Crippen molar-refractivity contribution in [3.8, 4) is 5.75 Å². The number of aliphatic hydroxyl groups excluding tert-OH is 1. The Balaban J connectivity index is 1.79. The molecule has 0 fully saturated rings. The van der Waals surface area contributed by atoms with E-state index in [0.717, 1.165) is 23.5 Å². The summed E-state index contributed by atoms with van der Waals surface area (Å²) in [7, 11) is 1.53. The molecule has 2 aromatic carbocycles. The molecule has 7 N–H and O–H groups in total. The number of hydrogen-bond acceptors (Lipinski definition) is 10. The number of fused-ring (bicyclic) bond motifs is 2. The number of anilines is 3. The van der Waals surface area contributed by atoms with Crippen LogP contribution < -0.4 is 31.3 Å². The topological polar surface area (TPSA) is 179 Å². The van der Waals surface area contributed by atoms with Crippen molar-refractivity contribution in [2.75, 3.05) is 22.6 Å². The number of ether oxygens (including phenoxy) is 1. The molecule has 0 spiro atoms. The van der Waals surface area contributed by atoms with E-state index in [4.69, 9.17) is 5.73 Å². The van der Waals surface area contributed by atoms with E-state index in [9.17, 15) is 37.8 Å². The fourth-order valence-electron chi connectivity index (χ4n) is 3.96. The van der Waals surface area contributed by atoms with Crippen LogP contribution >= 0.6 is 11.3 Å². The van der Waals surface area contributed by atoms with Crippen LogP contribution in [0.4, 0.5) is 29.7 Å². The van der Waals surface area contributed by atoms with Crippen molar-refractivity contribution in [1.82, 2.24) is 10.3 Å². The van der Waals surface area contributed by atoms with E-state index >= 15 is 0 Å². The molecule has 0 saturated carbocycles. The first-order valence-electron chi connectivity index (χ1n) is 10.8. The summed E-state index contributed by atoms with van der Waals surface area (Å²) in [5, 5.41) is 27.6. The molecule has 0 saturated heterocycles. The van der Waals surface area contributed by atoms with Gasteiger partial charge in [-0.1, -0.05) is 11.3 Å². The number of aromatic carboxylic acids is 1. The van der Waals surface area contributed by atoms with Crippen molar-refractivity contribution >= 4 is 55.8 Å². The SMILES string of the molecule is C[C@H](O)C(=O)NC(C(N)=O)C1(Nc2nc3ccc(OC(F)(F)F)cc3s2)Nc2cc(C(=O)O)ccc2N1C.